The molecule has 5 nitrogen and oxygen atoms in total. The Hall–Kier alpha value is -3.22. The third-order valence-electron chi connectivity index (χ3n) is 4.54. The average molecular weight is 417 g/mol. The van der Waals surface area contributed by atoms with Gasteiger partial charge in [0.25, 0.3) is 5.91 Å². The Kier molecular flexibility index (Phi) is 8.53. The van der Waals surface area contributed by atoms with Gasteiger partial charge in [0.2, 0.25) is 0 Å². The molecular weight excluding hydrogens is 392 g/mol. The van der Waals surface area contributed by atoms with E-state index >= 15 is 0 Å². The highest BCUT2D eigenvalue weighted by Crippen LogP contribution is 2.26. The molecule has 0 aliphatic heterocycles. The highest BCUT2D eigenvalue weighted by molar-refractivity contribution is 5.97. The molecule has 2 atom stereocenters. The first-order valence-corrected chi connectivity index (χ1v) is 9.63. The zero-order chi connectivity index (χ0) is 22.1. The zero-order valence-corrected chi connectivity index (χ0v) is 17.1. The highest BCUT2D eigenvalue weighted by Gasteiger charge is 2.18. The van der Waals surface area contributed by atoms with Gasteiger partial charge in [0.1, 0.15) is 5.75 Å². The van der Waals surface area contributed by atoms with Gasteiger partial charge in [0.15, 0.2) is 6.10 Å². The van der Waals surface area contributed by atoms with Crippen molar-refractivity contribution < 1.29 is 27.8 Å². The fraction of sp³-hybridized carbons (Fsp3) is 0.304. The molecule has 160 valence electrons. The van der Waals surface area contributed by atoms with Crippen LogP contribution in [-0.2, 0) is 14.3 Å². The minimum atomic E-state index is -2.90. The molecule has 0 bridgehead atoms. The molecule has 0 saturated carbocycles. The SMILES string of the molecule is CC[C@@H](C)c1ccccc1NC(=O)[C@@H](C)OC(=O)/C=C/c1ccc(OC(F)F)cc1. The predicted molar refractivity (Wildman–Crippen MR) is 111 cm³/mol. The molecule has 0 heterocycles. The fourth-order valence-corrected chi connectivity index (χ4v) is 2.69. The first-order chi connectivity index (χ1) is 14.3. The topological polar surface area (TPSA) is 64.6 Å². The summed E-state index contributed by atoms with van der Waals surface area (Å²) in [6, 6.07) is 13.3. The molecule has 0 radical (unpaired) electrons. The molecule has 0 unspecified atom stereocenters. The number of benzene rings is 2. The van der Waals surface area contributed by atoms with E-state index in [-0.39, 0.29) is 11.7 Å². The second-order valence-corrected chi connectivity index (χ2v) is 6.75. The number of esters is 1. The number of rotatable bonds is 9. The molecule has 0 aliphatic rings. The van der Waals surface area contributed by atoms with Crippen molar-refractivity contribution in [2.24, 2.45) is 0 Å². The minimum Gasteiger partial charge on any atom is -0.449 e. The molecule has 0 fully saturated rings. The van der Waals surface area contributed by atoms with Crippen LogP contribution in [0.25, 0.3) is 6.08 Å². The fourth-order valence-electron chi connectivity index (χ4n) is 2.69. The van der Waals surface area contributed by atoms with Crippen molar-refractivity contribution in [2.75, 3.05) is 5.32 Å². The quantitative estimate of drug-likeness (QED) is 0.439. The first-order valence-electron chi connectivity index (χ1n) is 9.63. The number of hydrogen-bond donors (Lipinski definition) is 1. The van der Waals surface area contributed by atoms with Crippen LogP contribution in [0.4, 0.5) is 14.5 Å². The number of ether oxygens (including phenoxy) is 2. The van der Waals surface area contributed by atoms with E-state index in [1.54, 1.807) is 0 Å². The summed E-state index contributed by atoms with van der Waals surface area (Å²) >= 11 is 0. The van der Waals surface area contributed by atoms with Crippen LogP contribution in [0, 0.1) is 0 Å². The normalized spacial score (nSPS) is 13.1. The van der Waals surface area contributed by atoms with Crippen molar-refractivity contribution in [2.45, 2.75) is 45.8 Å². The molecule has 1 N–H and O–H groups in total. The second kappa shape index (κ2) is 11.1. The third kappa shape index (κ3) is 6.99. The van der Waals surface area contributed by atoms with Gasteiger partial charge in [-0.2, -0.15) is 8.78 Å². The Bertz CT molecular complexity index is 881. The third-order valence-corrected chi connectivity index (χ3v) is 4.54. The zero-order valence-electron chi connectivity index (χ0n) is 17.1. The summed E-state index contributed by atoms with van der Waals surface area (Å²) in [5.41, 5.74) is 2.31. The van der Waals surface area contributed by atoms with E-state index < -0.39 is 24.6 Å². The number of hydrogen-bond acceptors (Lipinski definition) is 4. The predicted octanol–water partition coefficient (Wildman–Crippen LogP) is 5.39. The van der Waals surface area contributed by atoms with Crippen molar-refractivity contribution in [1.29, 1.82) is 0 Å². The van der Waals surface area contributed by atoms with Gasteiger partial charge in [-0.05, 0) is 54.7 Å². The maximum atomic E-state index is 12.4. The number of carbonyl (C=O) groups excluding carboxylic acids is 2. The molecule has 0 saturated heterocycles. The van der Waals surface area contributed by atoms with Crippen LogP contribution in [0.1, 0.15) is 44.2 Å². The van der Waals surface area contributed by atoms with Crippen molar-refractivity contribution in [3.63, 3.8) is 0 Å². The molecule has 2 aromatic rings. The molecule has 2 rings (SSSR count). The summed E-state index contributed by atoms with van der Waals surface area (Å²) in [5.74, 6) is -0.825. The number of carbonyl (C=O) groups is 2. The van der Waals surface area contributed by atoms with E-state index in [1.165, 1.54) is 43.3 Å². The Morgan fingerprint density at radius 3 is 2.37 bits per heavy atom. The van der Waals surface area contributed by atoms with E-state index in [0.29, 0.717) is 11.3 Å². The lowest BCUT2D eigenvalue weighted by Gasteiger charge is -2.17. The molecule has 0 aliphatic carbocycles. The summed E-state index contributed by atoms with van der Waals surface area (Å²) in [6.07, 6.45) is 2.56. The van der Waals surface area contributed by atoms with E-state index in [4.69, 9.17) is 4.74 Å². The number of halogens is 2. The van der Waals surface area contributed by atoms with Gasteiger partial charge in [-0.3, -0.25) is 4.79 Å². The van der Waals surface area contributed by atoms with Crippen LogP contribution >= 0.6 is 0 Å². The second-order valence-electron chi connectivity index (χ2n) is 6.75. The molecule has 1 amide bonds. The van der Waals surface area contributed by atoms with Crippen LogP contribution in [0.15, 0.2) is 54.6 Å². The molecule has 2 aromatic carbocycles. The maximum Gasteiger partial charge on any atom is 0.387 e. The van der Waals surface area contributed by atoms with Crippen LogP contribution in [0.5, 0.6) is 5.75 Å². The summed E-state index contributed by atoms with van der Waals surface area (Å²) in [6.45, 7) is 2.74. The molecule has 0 spiro atoms. The van der Waals surface area contributed by atoms with Gasteiger partial charge in [0, 0.05) is 11.8 Å². The summed E-state index contributed by atoms with van der Waals surface area (Å²) in [5, 5.41) is 2.81. The number of anilines is 1. The van der Waals surface area contributed by atoms with E-state index in [0.717, 1.165) is 12.0 Å². The Labute approximate surface area is 174 Å². The Morgan fingerprint density at radius 1 is 1.07 bits per heavy atom. The van der Waals surface area contributed by atoms with Gasteiger partial charge < -0.3 is 14.8 Å². The monoisotopic (exact) mass is 417 g/mol. The number of alkyl halides is 2. The van der Waals surface area contributed by atoms with Crippen molar-refractivity contribution in [1.82, 2.24) is 0 Å². The van der Waals surface area contributed by atoms with Crippen LogP contribution in [-0.4, -0.2) is 24.6 Å². The highest BCUT2D eigenvalue weighted by atomic mass is 19.3. The maximum absolute atomic E-state index is 12.4. The first kappa shape index (κ1) is 23.1. The minimum absolute atomic E-state index is 0.0210. The average Bonchev–Trinajstić information content (AvgIpc) is 2.72. The van der Waals surface area contributed by atoms with Crippen LogP contribution in [0.3, 0.4) is 0 Å². The Morgan fingerprint density at radius 2 is 1.73 bits per heavy atom. The van der Waals surface area contributed by atoms with E-state index in [1.807, 2.05) is 24.3 Å². The van der Waals surface area contributed by atoms with Crippen molar-refractivity contribution in [3.05, 3.63) is 65.7 Å². The van der Waals surface area contributed by atoms with E-state index in [9.17, 15) is 18.4 Å². The van der Waals surface area contributed by atoms with Gasteiger partial charge in [0.05, 0.1) is 0 Å². The van der Waals surface area contributed by atoms with Gasteiger partial charge in [-0.15, -0.1) is 0 Å². The smallest absolute Gasteiger partial charge is 0.387 e. The summed E-state index contributed by atoms with van der Waals surface area (Å²) in [7, 11) is 0. The van der Waals surface area contributed by atoms with Crippen LogP contribution in [0.2, 0.25) is 0 Å². The lowest BCUT2D eigenvalue weighted by molar-refractivity contribution is -0.148. The number of para-hydroxylation sites is 1. The van der Waals surface area contributed by atoms with Gasteiger partial charge in [-0.1, -0.05) is 44.2 Å². The van der Waals surface area contributed by atoms with Crippen LogP contribution < -0.4 is 10.1 Å². The molecule has 0 aromatic heterocycles. The summed E-state index contributed by atoms with van der Waals surface area (Å²) in [4.78, 5) is 24.4. The number of nitrogens with one attached hydrogen (secondary N) is 1. The lowest BCUT2D eigenvalue weighted by atomic mass is 9.97. The van der Waals surface area contributed by atoms with Crippen molar-refractivity contribution >= 4 is 23.6 Å². The molecule has 7 heteroatoms. The Balaban J connectivity index is 1.92. The molecular formula is C23H25F2NO4. The summed E-state index contributed by atoms with van der Waals surface area (Å²) < 4.78 is 33.7. The van der Waals surface area contributed by atoms with E-state index in [2.05, 4.69) is 23.9 Å². The van der Waals surface area contributed by atoms with Gasteiger partial charge >= 0.3 is 12.6 Å². The van der Waals surface area contributed by atoms with Gasteiger partial charge in [-0.25, -0.2) is 4.79 Å². The van der Waals surface area contributed by atoms with Crippen molar-refractivity contribution in [3.8, 4) is 5.75 Å². The lowest BCUT2D eigenvalue weighted by Crippen LogP contribution is -2.29. The molecule has 30 heavy (non-hydrogen) atoms. The largest absolute Gasteiger partial charge is 0.449 e. The standard InChI is InChI=1S/C23H25F2NO4/c1-4-15(2)19-7-5-6-8-20(19)26-22(28)16(3)29-21(27)14-11-17-9-12-18(13-10-17)30-23(24)25/h5-16,23H,4H2,1-3H3,(H,26,28)/b14-11+/t15-,16-/m1/s1. The number of amides is 1.